The van der Waals surface area contributed by atoms with Gasteiger partial charge in [0.15, 0.2) is 11.5 Å². The number of nitrogens with one attached hydrogen (secondary N) is 1. The van der Waals surface area contributed by atoms with Crippen molar-refractivity contribution in [3.63, 3.8) is 0 Å². The minimum Gasteiger partial charge on any atom is -0.382 e. The molecule has 2 fully saturated rings. The Balaban J connectivity index is 1.35. The second-order valence-electron chi connectivity index (χ2n) is 9.19. The highest BCUT2D eigenvalue weighted by Crippen LogP contribution is 2.25. The Hall–Kier alpha value is -3.78. The number of hydrogen-bond acceptors (Lipinski definition) is 6. The molecule has 0 unspecified atom stereocenters. The third kappa shape index (κ3) is 5.17. The number of anilines is 2. The Bertz CT molecular complexity index is 1210. The first-order valence-corrected chi connectivity index (χ1v) is 12.2. The van der Waals surface area contributed by atoms with Crippen LogP contribution in [0.2, 0.25) is 0 Å². The van der Waals surface area contributed by atoms with E-state index in [1.165, 1.54) is 19.0 Å². The molecule has 2 aliphatic heterocycles. The molecule has 180 valence electrons. The molecule has 2 aliphatic rings. The van der Waals surface area contributed by atoms with Crippen LogP contribution in [0.3, 0.4) is 0 Å². The van der Waals surface area contributed by atoms with Crippen LogP contribution in [0.25, 0.3) is 11.3 Å². The summed E-state index contributed by atoms with van der Waals surface area (Å²) in [7, 11) is 0. The van der Waals surface area contributed by atoms with Crippen molar-refractivity contribution < 1.29 is 9.59 Å². The summed E-state index contributed by atoms with van der Waals surface area (Å²) >= 11 is 0. The summed E-state index contributed by atoms with van der Waals surface area (Å²) in [6.45, 7) is 4.00. The quantitative estimate of drug-likeness (QED) is 0.570. The number of para-hydroxylation sites is 1. The highest BCUT2D eigenvalue weighted by Gasteiger charge is 2.31. The highest BCUT2D eigenvalue weighted by atomic mass is 16.2. The lowest BCUT2D eigenvalue weighted by atomic mass is 10.1. The first-order valence-electron chi connectivity index (χ1n) is 12.2. The predicted molar refractivity (Wildman–Crippen MR) is 136 cm³/mol. The van der Waals surface area contributed by atoms with Gasteiger partial charge >= 0.3 is 0 Å². The molecule has 3 aromatic rings. The number of nitrogens with two attached hydrogens (primary N) is 1. The standard InChI is InChI=1S/C27H30N6O2/c28-25-24(26(34)30-21-10-2-1-3-11-21)31-23(17-29-25)19-8-6-9-20(16-19)27(35)33-15-7-12-22(33)18-32-13-4-5-14-32/h1-3,6,8-11,16-17,22H,4-5,7,12-15,18H2,(H2,28,29)(H,30,34)/t22-/m1/s1. The zero-order valence-electron chi connectivity index (χ0n) is 19.7. The molecule has 35 heavy (non-hydrogen) atoms. The largest absolute Gasteiger partial charge is 0.382 e. The lowest BCUT2D eigenvalue weighted by molar-refractivity contribution is 0.0708. The molecule has 2 aromatic carbocycles. The van der Waals surface area contributed by atoms with Crippen molar-refractivity contribution in [3.05, 3.63) is 72.1 Å². The smallest absolute Gasteiger partial charge is 0.278 e. The molecule has 2 amide bonds. The summed E-state index contributed by atoms with van der Waals surface area (Å²) in [5.41, 5.74) is 8.48. The number of likely N-dealkylation sites (tertiary alicyclic amines) is 2. The topological polar surface area (TPSA) is 104 Å². The Morgan fingerprint density at radius 2 is 1.80 bits per heavy atom. The Morgan fingerprint density at radius 1 is 1.00 bits per heavy atom. The van der Waals surface area contributed by atoms with Crippen LogP contribution in [-0.2, 0) is 0 Å². The van der Waals surface area contributed by atoms with Crippen LogP contribution in [-0.4, -0.2) is 63.8 Å². The van der Waals surface area contributed by atoms with Gasteiger partial charge in [0.2, 0.25) is 0 Å². The van der Waals surface area contributed by atoms with E-state index in [0.717, 1.165) is 39.0 Å². The molecule has 0 aliphatic carbocycles. The van der Waals surface area contributed by atoms with Gasteiger partial charge in [-0.25, -0.2) is 9.97 Å². The first-order chi connectivity index (χ1) is 17.1. The van der Waals surface area contributed by atoms with Gasteiger partial charge in [0.05, 0.1) is 11.9 Å². The third-order valence-corrected chi connectivity index (χ3v) is 6.76. The summed E-state index contributed by atoms with van der Waals surface area (Å²) in [5.74, 6) is -0.340. The van der Waals surface area contributed by atoms with E-state index in [9.17, 15) is 9.59 Å². The normalized spacial score (nSPS) is 18.1. The molecule has 8 nitrogen and oxygen atoms in total. The summed E-state index contributed by atoms with van der Waals surface area (Å²) in [5, 5.41) is 2.79. The van der Waals surface area contributed by atoms with Crippen molar-refractivity contribution in [2.75, 3.05) is 37.2 Å². The van der Waals surface area contributed by atoms with E-state index in [-0.39, 0.29) is 23.5 Å². The number of amides is 2. The third-order valence-electron chi connectivity index (χ3n) is 6.76. The van der Waals surface area contributed by atoms with E-state index in [1.54, 1.807) is 12.1 Å². The summed E-state index contributed by atoms with van der Waals surface area (Å²) in [6, 6.07) is 16.7. The molecule has 3 heterocycles. The van der Waals surface area contributed by atoms with Crippen molar-refractivity contribution in [1.82, 2.24) is 19.8 Å². The van der Waals surface area contributed by atoms with Crippen LogP contribution in [0.15, 0.2) is 60.8 Å². The number of benzene rings is 2. The Labute approximate surface area is 205 Å². The second kappa shape index (κ2) is 10.2. The van der Waals surface area contributed by atoms with E-state index in [0.29, 0.717) is 22.5 Å². The SMILES string of the molecule is Nc1ncc(-c2cccc(C(=O)N3CCC[C@@H]3CN3CCCC3)c2)nc1C(=O)Nc1ccccc1. The second-order valence-corrected chi connectivity index (χ2v) is 9.19. The number of carbonyl (C=O) groups excluding carboxylic acids is 2. The van der Waals surface area contributed by atoms with E-state index in [4.69, 9.17) is 5.73 Å². The summed E-state index contributed by atoms with van der Waals surface area (Å²) < 4.78 is 0. The molecular formula is C27H30N6O2. The molecule has 0 spiro atoms. The summed E-state index contributed by atoms with van der Waals surface area (Å²) in [4.78, 5) is 39.4. The van der Waals surface area contributed by atoms with Crippen molar-refractivity contribution >= 4 is 23.3 Å². The van der Waals surface area contributed by atoms with Gasteiger partial charge in [-0.05, 0) is 63.0 Å². The molecule has 5 rings (SSSR count). The molecule has 0 saturated carbocycles. The fourth-order valence-corrected chi connectivity index (χ4v) is 4.95. The minimum atomic E-state index is -0.433. The van der Waals surface area contributed by atoms with E-state index < -0.39 is 5.91 Å². The highest BCUT2D eigenvalue weighted by molar-refractivity contribution is 6.06. The molecule has 0 radical (unpaired) electrons. The van der Waals surface area contributed by atoms with Gasteiger partial charge < -0.3 is 20.9 Å². The molecule has 3 N–H and O–H groups in total. The molecule has 1 atom stereocenters. The fourth-order valence-electron chi connectivity index (χ4n) is 4.95. The molecule has 1 aromatic heterocycles. The average molecular weight is 471 g/mol. The number of carbonyl (C=O) groups is 2. The fraction of sp³-hybridized carbons (Fsp3) is 0.333. The number of rotatable bonds is 6. The van der Waals surface area contributed by atoms with Crippen LogP contribution in [0, 0.1) is 0 Å². The van der Waals surface area contributed by atoms with Crippen LogP contribution in [0.4, 0.5) is 11.5 Å². The van der Waals surface area contributed by atoms with Gasteiger partial charge in [-0.15, -0.1) is 0 Å². The van der Waals surface area contributed by atoms with Crippen molar-refractivity contribution in [1.29, 1.82) is 0 Å². The predicted octanol–water partition coefficient (Wildman–Crippen LogP) is 3.68. The molecular weight excluding hydrogens is 440 g/mol. The number of nitrogen functional groups attached to an aromatic ring is 1. The average Bonchev–Trinajstić information content (AvgIpc) is 3.57. The Kier molecular flexibility index (Phi) is 6.72. The van der Waals surface area contributed by atoms with Crippen LogP contribution in [0.5, 0.6) is 0 Å². The first kappa shape index (κ1) is 23.0. The Morgan fingerprint density at radius 3 is 2.60 bits per heavy atom. The zero-order chi connectivity index (χ0) is 24.2. The van der Waals surface area contributed by atoms with Gasteiger partial charge in [-0.3, -0.25) is 9.59 Å². The van der Waals surface area contributed by atoms with Gasteiger partial charge in [0, 0.05) is 35.9 Å². The maximum absolute atomic E-state index is 13.4. The summed E-state index contributed by atoms with van der Waals surface area (Å²) in [6.07, 6.45) is 6.11. The van der Waals surface area contributed by atoms with E-state index in [1.807, 2.05) is 47.4 Å². The zero-order valence-corrected chi connectivity index (χ0v) is 19.7. The number of hydrogen-bond donors (Lipinski definition) is 2. The van der Waals surface area contributed by atoms with Crippen molar-refractivity contribution in [2.24, 2.45) is 0 Å². The van der Waals surface area contributed by atoms with Crippen molar-refractivity contribution in [3.8, 4) is 11.3 Å². The minimum absolute atomic E-state index is 0.0407. The monoisotopic (exact) mass is 470 g/mol. The van der Waals surface area contributed by atoms with E-state index in [2.05, 4.69) is 20.2 Å². The maximum atomic E-state index is 13.4. The van der Waals surface area contributed by atoms with Crippen LogP contribution < -0.4 is 11.1 Å². The molecule has 8 heteroatoms. The van der Waals surface area contributed by atoms with Gasteiger partial charge in [0.25, 0.3) is 11.8 Å². The van der Waals surface area contributed by atoms with E-state index >= 15 is 0 Å². The number of aromatic nitrogens is 2. The van der Waals surface area contributed by atoms with Gasteiger partial charge in [-0.2, -0.15) is 0 Å². The maximum Gasteiger partial charge on any atom is 0.278 e. The number of nitrogens with zero attached hydrogens (tertiary/aromatic N) is 4. The lowest BCUT2D eigenvalue weighted by Crippen LogP contribution is -2.42. The molecule has 0 bridgehead atoms. The van der Waals surface area contributed by atoms with Crippen molar-refractivity contribution in [2.45, 2.75) is 31.7 Å². The lowest BCUT2D eigenvalue weighted by Gasteiger charge is -2.28. The van der Waals surface area contributed by atoms with Crippen LogP contribution >= 0.6 is 0 Å². The van der Waals surface area contributed by atoms with Crippen LogP contribution in [0.1, 0.15) is 46.5 Å². The molecule has 2 saturated heterocycles. The van der Waals surface area contributed by atoms with Gasteiger partial charge in [0.1, 0.15) is 0 Å². The van der Waals surface area contributed by atoms with Gasteiger partial charge in [-0.1, -0.05) is 30.3 Å².